The number of hydrogen-bond acceptors (Lipinski definition) is 1. The number of amides is 1. The van der Waals surface area contributed by atoms with E-state index in [1.165, 1.54) is 6.42 Å². The first-order valence-corrected chi connectivity index (χ1v) is 4.61. The van der Waals surface area contributed by atoms with Crippen molar-refractivity contribution < 1.29 is 4.79 Å². The van der Waals surface area contributed by atoms with Crippen LogP contribution in [-0.2, 0) is 4.79 Å². The molecule has 0 bridgehead atoms. The van der Waals surface area contributed by atoms with Crippen molar-refractivity contribution in [3.63, 3.8) is 0 Å². The van der Waals surface area contributed by atoms with Crippen molar-refractivity contribution in [1.29, 1.82) is 0 Å². The fourth-order valence-corrected chi connectivity index (χ4v) is 0.889. The van der Waals surface area contributed by atoms with Gasteiger partial charge in [-0.2, -0.15) is 0 Å². The summed E-state index contributed by atoms with van der Waals surface area (Å²) in [6.07, 6.45) is 7.05. The topological polar surface area (TPSA) is 20.3 Å². The number of likely N-dealkylation sites (N-methyl/N-ethyl adjacent to an activating group) is 1. The van der Waals surface area contributed by atoms with Crippen molar-refractivity contribution in [3.8, 4) is 0 Å². The fourth-order valence-electron chi connectivity index (χ4n) is 0.889. The Balaban J connectivity index is 3.55. The minimum Gasteiger partial charge on any atom is -0.342 e. The van der Waals surface area contributed by atoms with Crippen molar-refractivity contribution in [2.45, 2.75) is 33.1 Å². The summed E-state index contributed by atoms with van der Waals surface area (Å²) in [6.45, 7) is 4.77. The Labute approximate surface area is 75.3 Å². The van der Waals surface area contributed by atoms with Crippen LogP contribution in [0.1, 0.15) is 33.1 Å². The number of allylic oxidation sites excluding steroid dienone is 1. The van der Waals surface area contributed by atoms with Crippen LogP contribution in [0.2, 0.25) is 0 Å². The van der Waals surface area contributed by atoms with E-state index in [4.69, 9.17) is 0 Å². The van der Waals surface area contributed by atoms with Gasteiger partial charge in [-0.25, -0.2) is 0 Å². The molecule has 2 nitrogen and oxygen atoms in total. The van der Waals surface area contributed by atoms with Crippen molar-refractivity contribution in [2.24, 2.45) is 0 Å². The highest BCUT2D eigenvalue weighted by Gasteiger charge is 2.01. The highest BCUT2D eigenvalue weighted by Crippen LogP contribution is 1.92. The summed E-state index contributed by atoms with van der Waals surface area (Å²) in [5, 5.41) is 0. The number of hydrogen-bond donors (Lipinski definition) is 0. The molecule has 70 valence electrons. The summed E-state index contributed by atoms with van der Waals surface area (Å²) < 4.78 is 0. The van der Waals surface area contributed by atoms with Crippen molar-refractivity contribution in [1.82, 2.24) is 4.90 Å². The third kappa shape index (κ3) is 4.94. The van der Waals surface area contributed by atoms with Crippen LogP contribution >= 0.6 is 0 Å². The van der Waals surface area contributed by atoms with Crippen molar-refractivity contribution in [2.75, 3.05) is 13.6 Å². The maximum atomic E-state index is 11.1. The molecule has 0 unspecified atom stereocenters. The predicted molar refractivity (Wildman–Crippen MR) is 52.0 cm³/mol. The highest BCUT2D eigenvalue weighted by molar-refractivity contribution is 5.75. The molecule has 12 heavy (non-hydrogen) atoms. The smallest absolute Gasteiger partial charge is 0.222 e. The maximum absolute atomic E-state index is 11.1. The van der Waals surface area contributed by atoms with Crippen LogP contribution in [0.15, 0.2) is 12.2 Å². The van der Waals surface area contributed by atoms with Gasteiger partial charge in [-0.3, -0.25) is 4.79 Å². The van der Waals surface area contributed by atoms with Gasteiger partial charge < -0.3 is 4.90 Å². The molecule has 0 N–H and O–H groups in total. The highest BCUT2D eigenvalue weighted by atomic mass is 16.2. The van der Waals surface area contributed by atoms with Gasteiger partial charge in [0.05, 0.1) is 0 Å². The second-order valence-corrected chi connectivity index (χ2v) is 2.89. The Morgan fingerprint density at radius 1 is 1.33 bits per heavy atom. The lowest BCUT2D eigenvalue weighted by Crippen LogP contribution is -2.25. The molecule has 0 radical (unpaired) electrons. The molecule has 0 fully saturated rings. The SMILES string of the molecule is CCC/C=C\CN(C)C(=O)CC. The van der Waals surface area contributed by atoms with Crippen LogP contribution in [-0.4, -0.2) is 24.4 Å². The van der Waals surface area contributed by atoms with Gasteiger partial charge in [-0.15, -0.1) is 0 Å². The van der Waals surface area contributed by atoms with Crippen LogP contribution in [0, 0.1) is 0 Å². The molecule has 0 atom stereocenters. The van der Waals surface area contributed by atoms with E-state index in [-0.39, 0.29) is 5.91 Å². The molecule has 0 spiro atoms. The molecule has 0 aromatic heterocycles. The van der Waals surface area contributed by atoms with E-state index in [0.29, 0.717) is 6.42 Å². The standard InChI is InChI=1S/C10H19NO/c1-4-6-7-8-9-11(3)10(12)5-2/h7-8H,4-6,9H2,1-3H3/b8-7-. The normalized spacial score (nSPS) is 10.6. The lowest BCUT2D eigenvalue weighted by molar-refractivity contribution is -0.129. The molecular weight excluding hydrogens is 150 g/mol. The van der Waals surface area contributed by atoms with E-state index in [9.17, 15) is 4.79 Å². The molecule has 0 aliphatic rings. The first-order valence-electron chi connectivity index (χ1n) is 4.61. The molecule has 0 aromatic rings. The predicted octanol–water partition coefficient (Wildman–Crippen LogP) is 2.21. The maximum Gasteiger partial charge on any atom is 0.222 e. The van der Waals surface area contributed by atoms with Gasteiger partial charge in [0.15, 0.2) is 0 Å². The molecule has 0 aliphatic carbocycles. The van der Waals surface area contributed by atoms with E-state index < -0.39 is 0 Å². The Morgan fingerprint density at radius 2 is 2.00 bits per heavy atom. The average Bonchev–Trinajstić information content (AvgIpc) is 2.10. The second kappa shape index (κ2) is 6.89. The van der Waals surface area contributed by atoms with Crippen molar-refractivity contribution >= 4 is 5.91 Å². The van der Waals surface area contributed by atoms with Gasteiger partial charge >= 0.3 is 0 Å². The summed E-state index contributed by atoms with van der Waals surface area (Å²) in [5.74, 6) is 0.205. The molecule has 1 amide bonds. The molecule has 0 saturated carbocycles. The number of carbonyl (C=O) groups is 1. The van der Waals surface area contributed by atoms with E-state index in [1.807, 2.05) is 14.0 Å². The first-order chi connectivity index (χ1) is 5.72. The second-order valence-electron chi connectivity index (χ2n) is 2.89. The van der Waals surface area contributed by atoms with Crippen molar-refractivity contribution in [3.05, 3.63) is 12.2 Å². The summed E-state index contributed by atoms with van der Waals surface area (Å²) in [6, 6.07) is 0. The number of rotatable bonds is 5. The van der Waals surface area contributed by atoms with Crippen LogP contribution < -0.4 is 0 Å². The third-order valence-electron chi connectivity index (χ3n) is 1.73. The van der Waals surface area contributed by atoms with Gasteiger partial charge in [-0.05, 0) is 6.42 Å². The molecule has 0 rings (SSSR count). The van der Waals surface area contributed by atoms with Crippen LogP contribution in [0.25, 0.3) is 0 Å². The summed E-state index contributed by atoms with van der Waals surface area (Å²) >= 11 is 0. The zero-order valence-electron chi connectivity index (χ0n) is 8.34. The summed E-state index contributed by atoms with van der Waals surface area (Å²) in [4.78, 5) is 12.8. The van der Waals surface area contributed by atoms with Crippen LogP contribution in [0.5, 0.6) is 0 Å². The number of unbranched alkanes of at least 4 members (excludes halogenated alkanes) is 1. The summed E-state index contributed by atoms with van der Waals surface area (Å²) in [5.41, 5.74) is 0. The fraction of sp³-hybridized carbons (Fsp3) is 0.700. The van der Waals surface area contributed by atoms with Gasteiger partial charge in [0.1, 0.15) is 0 Å². The van der Waals surface area contributed by atoms with Gasteiger partial charge in [0, 0.05) is 20.0 Å². The number of nitrogens with zero attached hydrogens (tertiary/aromatic N) is 1. The zero-order valence-corrected chi connectivity index (χ0v) is 8.34. The average molecular weight is 169 g/mol. The quantitative estimate of drug-likeness (QED) is 0.578. The van der Waals surface area contributed by atoms with E-state index >= 15 is 0 Å². The Kier molecular flexibility index (Phi) is 6.44. The Bertz CT molecular complexity index is 152. The van der Waals surface area contributed by atoms with E-state index in [0.717, 1.165) is 13.0 Å². The van der Waals surface area contributed by atoms with Gasteiger partial charge in [0.25, 0.3) is 0 Å². The van der Waals surface area contributed by atoms with Gasteiger partial charge in [0.2, 0.25) is 5.91 Å². The minimum atomic E-state index is 0.205. The van der Waals surface area contributed by atoms with Crippen LogP contribution in [0.3, 0.4) is 0 Å². The molecular formula is C10H19NO. The Morgan fingerprint density at radius 3 is 2.50 bits per heavy atom. The summed E-state index contributed by atoms with van der Waals surface area (Å²) in [7, 11) is 1.84. The molecule has 0 heterocycles. The zero-order chi connectivity index (χ0) is 9.40. The molecule has 0 aromatic carbocycles. The largest absolute Gasteiger partial charge is 0.342 e. The monoisotopic (exact) mass is 169 g/mol. The van der Waals surface area contributed by atoms with Crippen LogP contribution in [0.4, 0.5) is 0 Å². The molecule has 0 saturated heterocycles. The van der Waals surface area contributed by atoms with E-state index in [2.05, 4.69) is 19.1 Å². The van der Waals surface area contributed by atoms with E-state index in [1.54, 1.807) is 4.90 Å². The first kappa shape index (κ1) is 11.2. The number of carbonyl (C=O) groups excluding carboxylic acids is 1. The lowest BCUT2D eigenvalue weighted by atomic mass is 10.3. The lowest BCUT2D eigenvalue weighted by Gasteiger charge is -2.12. The Hall–Kier alpha value is -0.790. The minimum absolute atomic E-state index is 0.205. The molecule has 0 aliphatic heterocycles. The molecule has 2 heteroatoms. The third-order valence-corrected chi connectivity index (χ3v) is 1.73. The van der Waals surface area contributed by atoms with Gasteiger partial charge in [-0.1, -0.05) is 32.4 Å².